The fourth-order valence-electron chi connectivity index (χ4n) is 8.65. The second-order valence-electron chi connectivity index (χ2n) is 17.9. The highest BCUT2D eigenvalue weighted by Crippen LogP contribution is 2.60. The van der Waals surface area contributed by atoms with Crippen molar-refractivity contribution in [2.75, 3.05) is 33.8 Å². The molecule has 1 N–H and O–H groups in total. The molecular formula is C46H58F3N3O8Si. The van der Waals surface area contributed by atoms with Crippen molar-refractivity contribution in [3.8, 4) is 17.4 Å². The van der Waals surface area contributed by atoms with Crippen LogP contribution in [0.3, 0.4) is 0 Å². The fourth-order valence-corrected chi connectivity index (χ4v) is 10.1. The molecule has 3 aliphatic rings. The number of hydrogen-bond acceptors (Lipinski definition) is 11. The van der Waals surface area contributed by atoms with E-state index in [0.29, 0.717) is 6.42 Å². The molecule has 0 saturated heterocycles. The first-order valence-electron chi connectivity index (χ1n) is 20.8. The minimum absolute atomic E-state index is 0.0239. The number of rotatable bonds is 17. The third kappa shape index (κ3) is 8.71. The van der Waals surface area contributed by atoms with Crippen molar-refractivity contribution in [2.45, 2.75) is 103 Å². The number of unbranched alkanes of at least 4 members (excludes halogenated alkanes) is 1. The van der Waals surface area contributed by atoms with Crippen molar-refractivity contribution in [3.05, 3.63) is 101 Å². The van der Waals surface area contributed by atoms with E-state index in [4.69, 9.17) is 23.2 Å². The monoisotopic (exact) mass is 865 g/mol. The van der Waals surface area contributed by atoms with Crippen LogP contribution in [0.15, 0.2) is 71.8 Å². The van der Waals surface area contributed by atoms with E-state index < -0.39 is 66.3 Å². The number of fused-ring (bicyclic) bond motifs is 4. The number of ketones is 2. The lowest BCUT2D eigenvalue weighted by Crippen LogP contribution is -2.68. The Hall–Kier alpha value is -4.70. The predicted molar refractivity (Wildman–Crippen MR) is 228 cm³/mol. The van der Waals surface area contributed by atoms with Crippen LogP contribution in [-0.2, 0) is 28.8 Å². The Kier molecular flexibility index (Phi) is 13.2. The highest BCUT2D eigenvalue weighted by molar-refractivity contribution is 6.74. The van der Waals surface area contributed by atoms with Crippen molar-refractivity contribution in [1.82, 2.24) is 15.0 Å². The number of carbonyl (C=O) groups excluding carboxylic acids is 2. The summed E-state index contributed by atoms with van der Waals surface area (Å²) in [6.07, 6.45) is -0.424. The zero-order valence-corrected chi connectivity index (χ0v) is 37.4. The Bertz CT molecular complexity index is 2170. The summed E-state index contributed by atoms with van der Waals surface area (Å²) < 4.78 is 73.5. The summed E-state index contributed by atoms with van der Waals surface area (Å²) in [6, 6.07) is 9.89. The minimum atomic E-state index is -5.08. The van der Waals surface area contributed by atoms with Crippen LogP contribution in [0.2, 0.25) is 18.1 Å². The highest BCUT2D eigenvalue weighted by Gasteiger charge is 2.69. The first-order chi connectivity index (χ1) is 28.7. The molecule has 330 valence electrons. The summed E-state index contributed by atoms with van der Waals surface area (Å²) in [6.45, 7) is 20.6. The van der Waals surface area contributed by atoms with E-state index >= 15 is 9.59 Å². The van der Waals surface area contributed by atoms with Crippen molar-refractivity contribution in [1.29, 1.82) is 0 Å². The van der Waals surface area contributed by atoms with Gasteiger partial charge in [-0.2, -0.15) is 0 Å². The van der Waals surface area contributed by atoms with Crippen molar-refractivity contribution in [2.24, 2.45) is 11.8 Å². The molecule has 2 aromatic carbocycles. The van der Waals surface area contributed by atoms with Gasteiger partial charge in [0.2, 0.25) is 11.6 Å². The normalized spacial score (nSPS) is 21.5. The first kappa shape index (κ1) is 45.8. The largest absolute Gasteiger partial charge is 0.573 e. The number of nitrogens with zero attached hydrogens (tertiary/aromatic N) is 3. The number of aliphatic hydroxyl groups excluding tert-OH is 1. The lowest BCUT2D eigenvalue weighted by Gasteiger charge is -2.55. The molecule has 0 unspecified atom stereocenters. The maximum Gasteiger partial charge on any atom is 0.573 e. The smallest absolute Gasteiger partial charge is 0.507 e. The third-order valence-corrected chi connectivity index (χ3v) is 16.8. The number of carbonyl (C=O) groups is 2. The van der Waals surface area contributed by atoms with Crippen LogP contribution in [0.5, 0.6) is 17.4 Å². The number of halogens is 3. The van der Waals surface area contributed by atoms with Crippen LogP contribution in [0.4, 0.5) is 13.2 Å². The standard InChI is InChI=1S/C46H58F3N3O8Si/c1-11-14-22-56-33-25-30(26-51(7)8)39(58-46(47,48)49)31-23-29-24-32-37(52(20-12-2)21-13-3)40-36(43(50-59-40)57-27-28-18-16-15-17-19-28)42(55)45(32,60-61(9,10)44(4,5)6)41(54)34(29)38(53)35(31)33/h12-13,15-19,25,29,32,37,53H,2-3,11,14,20-24,26-27H2,1,4-10H3/t29-,32-,37-,45-/m0/s1. The summed E-state index contributed by atoms with van der Waals surface area (Å²) in [4.78, 5) is 35.4. The Morgan fingerprint density at radius 3 is 2.30 bits per heavy atom. The lowest BCUT2D eigenvalue weighted by molar-refractivity contribution is -0.275. The minimum Gasteiger partial charge on any atom is -0.507 e. The van der Waals surface area contributed by atoms with Crippen LogP contribution in [0.25, 0.3) is 5.76 Å². The number of aromatic nitrogens is 1. The van der Waals surface area contributed by atoms with Crippen molar-refractivity contribution in [3.63, 3.8) is 0 Å². The zero-order valence-electron chi connectivity index (χ0n) is 36.4. The van der Waals surface area contributed by atoms with Crippen LogP contribution < -0.4 is 14.2 Å². The molecule has 1 saturated carbocycles. The van der Waals surface area contributed by atoms with E-state index in [1.54, 1.807) is 31.1 Å². The van der Waals surface area contributed by atoms with Crippen LogP contribution in [0, 0.1) is 11.8 Å². The van der Waals surface area contributed by atoms with Gasteiger partial charge in [0.1, 0.15) is 29.4 Å². The van der Waals surface area contributed by atoms with Gasteiger partial charge in [0.25, 0.3) is 5.88 Å². The Balaban J connectivity index is 1.65. The molecule has 15 heteroatoms. The van der Waals surface area contributed by atoms with Gasteiger partial charge in [-0.25, -0.2) is 0 Å². The molecule has 6 rings (SSSR count). The molecule has 0 aliphatic heterocycles. The molecule has 0 amide bonds. The maximum atomic E-state index is 16.0. The highest BCUT2D eigenvalue weighted by atomic mass is 28.4. The molecular weight excluding hydrogens is 808 g/mol. The Morgan fingerprint density at radius 2 is 1.70 bits per heavy atom. The molecule has 3 aliphatic carbocycles. The second-order valence-corrected chi connectivity index (χ2v) is 22.7. The van der Waals surface area contributed by atoms with Crippen LogP contribution in [-0.4, -0.2) is 85.7 Å². The number of ether oxygens (including phenoxy) is 3. The number of benzene rings is 2. The molecule has 61 heavy (non-hydrogen) atoms. The zero-order chi connectivity index (χ0) is 44.7. The quantitative estimate of drug-likeness (QED) is 0.0604. The van der Waals surface area contributed by atoms with Crippen LogP contribution >= 0.6 is 0 Å². The van der Waals surface area contributed by atoms with E-state index in [-0.39, 0.29) is 90.9 Å². The molecule has 1 heterocycles. The third-order valence-electron chi connectivity index (χ3n) is 12.3. The fraction of sp³-hybridized carbons (Fsp3) is 0.500. The van der Waals surface area contributed by atoms with E-state index in [9.17, 15) is 18.3 Å². The van der Waals surface area contributed by atoms with Gasteiger partial charge in [-0.1, -0.05) is 76.6 Å². The number of aliphatic hydroxyl groups is 1. The van der Waals surface area contributed by atoms with Gasteiger partial charge < -0.3 is 33.2 Å². The summed E-state index contributed by atoms with van der Waals surface area (Å²) in [5.41, 5.74) is -1.41. The van der Waals surface area contributed by atoms with E-state index in [2.05, 4.69) is 18.3 Å². The van der Waals surface area contributed by atoms with Gasteiger partial charge in [0.15, 0.2) is 19.7 Å². The predicted octanol–water partition coefficient (Wildman–Crippen LogP) is 9.80. The van der Waals surface area contributed by atoms with Crippen molar-refractivity contribution >= 4 is 25.6 Å². The first-order valence-corrected chi connectivity index (χ1v) is 23.7. The van der Waals surface area contributed by atoms with Crippen molar-refractivity contribution < 1.29 is 51.0 Å². The van der Waals surface area contributed by atoms with Gasteiger partial charge >= 0.3 is 6.36 Å². The maximum absolute atomic E-state index is 16.0. The number of hydrogen-bond donors (Lipinski definition) is 1. The topological polar surface area (TPSA) is 124 Å². The molecule has 3 aromatic rings. The average Bonchev–Trinajstić information content (AvgIpc) is 3.59. The van der Waals surface area contributed by atoms with Gasteiger partial charge in [0, 0.05) is 42.3 Å². The molecule has 0 bridgehead atoms. The molecule has 0 radical (unpaired) electrons. The van der Waals surface area contributed by atoms with Gasteiger partial charge in [-0.15, -0.1) is 26.3 Å². The molecule has 0 spiro atoms. The lowest BCUT2D eigenvalue weighted by atomic mass is 9.57. The summed E-state index contributed by atoms with van der Waals surface area (Å²) in [5, 5.41) is 16.3. The van der Waals surface area contributed by atoms with Gasteiger partial charge in [-0.05, 0) is 74.2 Å². The second kappa shape index (κ2) is 17.6. The average molecular weight is 866 g/mol. The SMILES string of the molecule is C=CCN(CC=C)[C@@H]1c2onc(OCc3ccccc3)c2C(=O)[C@@]2(O[Si](C)(C)C(C)(C)C)C(=O)C3=C(O)c4c(OCCCC)cc(CN(C)C)c(OC(F)(F)F)c4C[C@H]3C[C@@H]12. The van der Waals surface area contributed by atoms with Gasteiger partial charge in [0.05, 0.1) is 18.2 Å². The molecule has 1 aromatic heterocycles. The Morgan fingerprint density at radius 1 is 1.03 bits per heavy atom. The molecule has 11 nitrogen and oxygen atoms in total. The molecule has 4 atom stereocenters. The number of Topliss-reactive ketones (excluding diaryl/α,β-unsaturated/α-hetero) is 2. The summed E-state index contributed by atoms with van der Waals surface area (Å²) in [5.74, 6) is -4.21. The number of alkyl halides is 3. The van der Waals surface area contributed by atoms with E-state index in [0.717, 1.165) is 12.0 Å². The van der Waals surface area contributed by atoms with E-state index in [1.807, 2.05) is 76.0 Å². The Labute approximate surface area is 357 Å². The van der Waals surface area contributed by atoms with Crippen LogP contribution in [0.1, 0.15) is 91.4 Å². The van der Waals surface area contributed by atoms with E-state index in [1.165, 1.54) is 6.07 Å². The van der Waals surface area contributed by atoms with Gasteiger partial charge in [-0.3, -0.25) is 14.5 Å². The summed E-state index contributed by atoms with van der Waals surface area (Å²) >= 11 is 0. The summed E-state index contributed by atoms with van der Waals surface area (Å²) in [7, 11) is 0.348. The molecule has 1 fully saturated rings.